The molecule has 1 aliphatic heterocycles. The molecular formula is C9H16N4O. The lowest BCUT2D eigenvalue weighted by Gasteiger charge is -2.23. The minimum atomic E-state index is 0.314. The Kier molecular flexibility index (Phi) is 3.00. The van der Waals surface area contributed by atoms with Crippen LogP contribution in [0, 0.1) is 0 Å². The van der Waals surface area contributed by atoms with Crippen LogP contribution in [0.15, 0.2) is 12.4 Å². The van der Waals surface area contributed by atoms with Crippen molar-refractivity contribution in [2.45, 2.75) is 19.1 Å². The maximum Gasteiger partial charge on any atom is 0.0719 e. The van der Waals surface area contributed by atoms with Crippen molar-refractivity contribution in [1.82, 2.24) is 15.1 Å². The summed E-state index contributed by atoms with van der Waals surface area (Å²) < 4.78 is 7.43. The first-order valence-corrected chi connectivity index (χ1v) is 4.95. The number of morpholine rings is 1. The average molecular weight is 196 g/mol. The van der Waals surface area contributed by atoms with Gasteiger partial charge < -0.3 is 15.8 Å². The predicted molar refractivity (Wildman–Crippen MR) is 53.9 cm³/mol. The van der Waals surface area contributed by atoms with Crippen molar-refractivity contribution >= 4 is 5.69 Å². The van der Waals surface area contributed by atoms with Crippen molar-refractivity contribution < 1.29 is 4.74 Å². The predicted octanol–water partition coefficient (Wildman–Crippen LogP) is -0.156. The van der Waals surface area contributed by atoms with Crippen molar-refractivity contribution in [3.05, 3.63) is 12.4 Å². The highest BCUT2D eigenvalue weighted by Crippen LogP contribution is 2.05. The fourth-order valence-electron chi connectivity index (χ4n) is 1.58. The van der Waals surface area contributed by atoms with E-state index >= 15 is 0 Å². The Morgan fingerprint density at radius 3 is 3.29 bits per heavy atom. The smallest absolute Gasteiger partial charge is 0.0719 e. The molecule has 1 aromatic rings. The number of anilines is 1. The number of hydrogen-bond acceptors (Lipinski definition) is 4. The molecule has 1 fully saturated rings. The van der Waals surface area contributed by atoms with Crippen LogP contribution in [0.3, 0.4) is 0 Å². The lowest BCUT2D eigenvalue weighted by atomic mass is 10.2. The van der Waals surface area contributed by atoms with E-state index in [0.29, 0.717) is 11.8 Å². The van der Waals surface area contributed by atoms with E-state index in [1.165, 1.54) is 0 Å². The van der Waals surface area contributed by atoms with Gasteiger partial charge in [0.05, 0.1) is 24.6 Å². The van der Waals surface area contributed by atoms with Gasteiger partial charge in [0, 0.05) is 25.8 Å². The first kappa shape index (κ1) is 9.48. The van der Waals surface area contributed by atoms with Crippen molar-refractivity contribution in [1.29, 1.82) is 0 Å². The first-order chi connectivity index (χ1) is 6.84. The van der Waals surface area contributed by atoms with Crippen LogP contribution in [0.25, 0.3) is 0 Å². The molecule has 0 spiro atoms. The van der Waals surface area contributed by atoms with Crippen molar-refractivity contribution in [2.75, 3.05) is 25.4 Å². The summed E-state index contributed by atoms with van der Waals surface area (Å²) in [5.41, 5.74) is 6.28. The zero-order chi connectivity index (χ0) is 9.80. The molecule has 0 radical (unpaired) electrons. The number of nitrogens with one attached hydrogen (secondary N) is 1. The molecule has 78 valence electrons. The standard InChI is InChI=1S/C9H16N4O/c10-8-5-12-13(7-8)3-1-9-6-11-2-4-14-9/h5,7,9,11H,1-4,6,10H2. The van der Waals surface area contributed by atoms with Gasteiger partial charge in [-0.05, 0) is 6.42 Å². The molecular weight excluding hydrogens is 180 g/mol. The molecule has 1 atom stereocenters. The van der Waals surface area contributed by atoms with Crippen LogP contribution in [-0.2, 0) is 11.3 Å². The van der Waals surface area contributed by atoms with Gasteiger partial charge >= 0.3 is 0 Å². The van der Waals surface area contributed by atoms with Gasteiger partial charge in [-0.1, -0.05) is 0 Å². The zero-order valence-corrected chi connectivity index (χ0v) is 8.15. The highest BCUT2D eigenvalue weighted by molar-refractivity contribution is 5.30. The van der Waals surface area contributed by atoms with Gasteiger partial charge in [0.25, 0.3) is 0 Å². The Morgan fingerprint density at radius 1 is 1.71 bits per heavy atom. The summed E-state index contributed by atoms with van der Waals surface area (Å²) in [5, 5.41) is 7.41. The molecule has 14 heavy (non-hydrogen) atoms. The lowest BCUT2D eigenvalue weighted by molar-refractivity contribution is 0.0205. The van der Waals surface area contributed by atoms with E-state index in [0.717, 1.165) is 32.7 Å². The number of nitrogens with zero attached hydrogens (tertiary/aromatic N) is 2. The normalized spacial score (nSPS) is 22.4. The van der Waals surface area contributed by atoms with Crippen LogP contribution in [0.2, 0.25) is 0 Å². The van der Waals surface area contributed by atoms with Gasteiger partial charge in [-0.15, -0.1) is 0 Å². The fraction of sp³-hybridized carbons (Fsp3) is 0.667. The van der Waals surface area contributed by atoms with Gasteiger partial charge in [0.2, 0.25) is 0 Å². The highest BCUT2D eigenvalue weighted by atomic mass is 16.5. The third-order valence-corrected chi connectivity index (χ3v) is 2.34. The monoisotopic (exact) mass is 196 g/mol. The summed E-state index contributed by atoms with van der Waals surface area (Å²) in [5.74, 6) is 0. The third kappa shape index (κ3) is 2.46. The minimum absolute atomic E-state index is 0.314. The number of aromatic nitrogens is 2. The van der Waals surface area contributed by atoms with Crippen molar-refractivity contribution in [3.8, 4) is 0 Å². The van der Waals surface area contributed by atoms with E-state index in [1.807, 2.05) is 10.9 Å². The van der Waals surface area contributed by atoms with Gasteiger partial charge in [0.1, 0.15) is 0 Å². The van der Waals surface area contributed by atoms with Crippen molar-refractivity contribution in [2.24, 2.45) is 0 Å². The Morgan fingerprint density at radius 2 is 2.64 bits per heavy atom. The summed E-state index contributed by atoms with van der Waals surface area (Å²) in [6.07, 6.45) is 4.80. The SMILES string of the molecule is Nc1cnn(CCC2CNCCO2)c1. The number of rotatable bonds is 3. The molecule has 0 aliphatic carbocycles. The molecule has 0 aromatic carbocycles. The first-order valence-electron chi connectivity index (χ1n) is 4.95. The average Bonchev–Trinajstić information content (AvgIpc) is 2.63. The summed E-state index contributed by atoms with van der Waals surface area (Å²) in [6.45, 7) is 3.58. The number of aryl methyl sites for hydroxylation is 1. The quantitative estimate of drug-likeness (QED) is 0.705. The molecule has 1 unspecified atom stereocenters. The van der Waals surface area contributed by atoms with E-state index in [2.05, 4.69) is 10.4 Å². The Balaban J connectivity index is 1.76. The van der Waals surface area contributed by atoms with Gasteiger partial charge in [-0.3, -0.25) is 4.68 Å². The molecule has 5 nitrogen and oxygen atoms in total. The molecule has 0 bridgehead atoms. The maximum atomic E-state index is 5.57. The second-order valence-electron chi connectivity index (χ2n) is 3.52. The Hall–Kier alpha value is -1.07. The number of hydrogen-bond donors (Lipinski definition) is 2. The number of ether oxygens (including phenoxy) is 1. The summed E-state index contributed by atoms with van der Waals surface area (Å²) in [7, 11) is 0. The van der Waals surface area contributed by atoms with E-state index < -0.39 is 0 Å². The van der Waals surface area contributed by atoms with Crippen LogP contribution < -0.4 is 11.1 Å². The van der Waals surface area contributed by atoms with Crippen molar-refractivity contribution in [3.63, 3.8) is 0 Å². The van der Waals surface area contributed by atoms with Gasteiger partial charge in [-0.2, -0.15) is 5.10 Å². The zero-order valence-electron chi connectivity index (χ0n) is 8.15. The fourth-order valence-corrected chi connectivity index (χ4v) is 1.58. The van der Waals surface area contributed by atoms with Crippen LogP contribution in [0.1, 0.15) is 6.42 Å². The molecule has 2 rings (SSSR count). The molecule has 1 aliphatic rings. The number of nitrogens with two attached hydrogens (primary N) is 1. The minimum Gasteiger partial charge on any atom is -0.396 e. The molecule has 5 heteroatoms. The molecule has 3 N–H and O–H groups in total. The summed E-state index contributed by atoms with van der Waals surface area (Å²) >= 11 is 0. The molecule has 1 saturated heterocycles. The van der Waals surface area contributed by atoms with E-state index in [1.54, 1.807) is 6.20 Å². The molecule has 1 aromatic heterocycles. The molecule has 2 heterocycles. The van der Waals surface area contributed by atoms with E-state index in [-0.39, 0.29) is 0 Å². The molecule has 0 amide bonds. The lowest BCUT2D eigenvalue weighted by Crippen LogP contribution is -2.38. The Bertz CT molecular complexity index is 280. The van der Waals surface area contributed by atoms with Crippen LogP contribution in [0.5, 0.6) is 0 Å². The highest BCUT2D eigenvalue weighted by Gasteiger charge is 2.12. The van der Waals surface area contributed by atoms with Gasteiger partial charge in [0.15, 0.2) is 0 Å². The molecule has 0 saturated carbocycles. The number of nitrogen functional groups attached to an aromatic ring is 1. The van der Waals surface area contributed by atoms with Crippen LogP contribution in [-0.4, -0.2) is 35.6 Å². The van der Waals surface area contributed by atoms with Crippen LogP contribution >= 0.6 is 0 Å². The third-order valence-electron chi connectivity index (χ3n) is 2.34. The second kappa shape index (κ2) is 4.43. The van der Waals surface area contributed by atoms with E-state index in [4.69, 9.17) is 10.5 Å². The summed E-state index contributed by atoms with van der Waals surface area (Å²) in [4.78, 5) is 0. The summed E-state index contributed by atoms with van der Waals surface area (Å²) in [6, 6.07) is 0. The Labute approximate surface area is 83.2 Å². The topological polar surface area (TPSA) is 65.1 Å². The largest absolute Gasteiger partial charge is 0.396 e. The van der Waals surface area contributed by atoms with Gasteiger partial charge in [-0.25, -0.2) is 0 Å². The van der Waals surface area contributed by atoms with E-state index in [9.17, 15) is 0 Å². The van der Waals surface area contributed by atoms with Crippen LogP contribution in [0.4, 0.5) is 5.69 Å². The second-order valence-corrected chi connectivity index (χ2v) is 3.52. The maximum absolute atomic E-state index is 5.57.